The second-order valence-corrected chi connectivity index (χ2v) is 4.00. The zero-order chi connectivity index (χ0) is 12.4. The number of aryl methyl sites for hydroxylation is 1. The van der Waals surface area contributed by atoms with Crippen LogP contribution < -0.4 is 4.74 Å². The van der Waals surface area contributed by atoms with E-state index in [2.05, 4.69) is 5.10 Å². The molecular formula is C12H13ClN2O2. The van der Waals surface area contributed by atoms with E-state index in [1.807, 2.05) is 25.1 Å². The Labute approximate surface area is 104 Å². The van der Waals surface area contributed by atoms with Gasteiger partial charge in [0.15, 0.2) is 0 Å². The lowest BCUT2D eigenvalue weighted by Gasteiger charge is -2.08. The Balaban J connectivity index is 2.64. The van der Waals surface area contributed by atoms with Gasteiger partial charge in [0.1, 0.15) is 0 Å². The van der Waals surface area contributed by atoms with Crippen LogP contribution in [0.25, 0.3) is 5.69 Å². The van der Waals surface area contributed by atoms with Crippen LogP contribution in [0.4, 0.5) is 0 Å². The minimum atomic E-state index is -0.112. The third-order valence-corrected chi connectivity index (χ3v) is 2.89. The largest absolute Gasteiger partial charge is 0.481 e. The molecule has 0 unspecified atom stereocenters. The first-order valence-electron chi connectivity index (χ1n) is 5.17. The van der Waals surface area contributed by atoms with Gasteiger partial charge < -0.3 is 9.84 Å². The summed E-state index contributed by atoms with van der Waals surface area (Å²) < 4.78 is 6.88. The van der Waals surface area contributed by atoms with Crippen molar-refractivity contribution in [1.29, 1.82) is 0 Å². The van der Waals surface area contributed by atoms with Crippen molar-refractivity contribution < 1.29 is 9.84 Å². The molecular weight excluding hydrogens is 240 g/mol. The van der Waals surface area contributed by atoms with Crippen molar-refractivity contribution in [2.75, 3.05) is 7.11 Å². The van der Waals surface area contributed by atoms with Crippen LogP contribution in [-0.4, -0.2) is 22.0 Å². The Morgan fingerprint density at radius 3 is 2.71 bits per heavy atom. The minimum absolute atomic E-state index is 0.112. The number of ether oxygens (including phenoxy) is 1. The summed E-state index contributed by atoms with van der Waals surface area (Å²) in [4.78, 5) is 0. The molecule has 0 fully saturated rings. The molecule has 1 aromatic carbocycles. The molecule has 2 rings (SSSR count). The quantitative estimate of drug-likeness (QED) is 0.912. The predicted octanol–water partition coefficient (Wildman–Crippen LogP) is 2.34. The molecule has 1 heterocycles. The molecule has 0 aliphatic carbocycles. The summed E-state index contributed by atoms with van der Waals surface area (Å²) in [5.74, 6) is 0.512. The number of aliphatic hydroxyl groups excluding tert-OH is 1. The van der Waals surface area contributed by atoms with E-state index in [-0.39, 0.29) is 6.61 Å². The van der Waals surface area contributed by atoms with Gasteiger partial charge in [-0.1, -0.05) is 23.7 Å². The molecule has 2 aromatic rings. The van der Waals surface area contributed by atoms with Crippen LogP contribution in [0.15, 0.2) is 24.3 Å². The lowest BCUT2D eigenvalue weighted by Crippen LogP contribution is -2.01. The van der Waals surface area contributed by atoms with Gasteiger partial charge in [-0.2, -0.15) is 9.78 Å². The Morgan fingerprint density at radius 2 is 2.12 bits per heavy atom. The summed E-state index contributed by atoms with van der Waals surface area (Å²) in [7, 11) is 1.54. The molecule has 1 N–H and O–H groups in total. The van der Waals surface area contributed by atoms with Gasteiger partial charge in [0.05, 0.1) is 35.7 Å². The highest BCUT2D eigenvalue weighted by molar-refractivity contribution is 6.32. The lowest BCUT2D eigenvalue weighted by molar-refractivity contribution is 0.271. The van der Waals surface area contributed by atoms with Gasteiger partial charge >= 0.3 is 0 Å². The van der Waals surface area contributed by atoms with Crippen molar-refractivity contribution in [1.82, 2.24) is 9.78 Å². The fraction of sp³-hybridized carbons (Fsp3) is 0.250. The van der Waals surface area contributed by atoms with E-state index in [1.54, 1.807) is 17.9 Å². The average Bonchev–Trinajstić information content (AvgIpc) is 2.65. The molecule has 17 heavy (non-hydrogen) atoms. The van der Waals surface area contributed by atoms with E-state index in [0.29, 0.717) is 16.5 Å². The van der Waals surface area contributed by atoms with Crippen molar-refractivity contribution in [3.63, 3.8) is 0 Å². The van der Waals surface area contributed by atoms with Gasteiger partial charge in [0.25, 0.3) is 0 Å². The Morgan fingerprint density at radius 1 is 1.41 bits per heavy atom. The van der Waals surface area contributed by atoms with Crippen LogP contribution in [0.2, 0.25) is 5.02 Å². The maximum atomic E-state index is 9.29. The number of hydrogen-bond donors (Lipinski definition) is 1. The number of nitrogens with zero attached hydrogens (tertiary/aromatic N) is 2. The SMILES string of the molecule is COc1c(CO)c(C)nn1-c1ccccc1Cl. The van der Waals surface area contributed by atoms with E-state index >= 15 is 0 Å². The van der Waals surface area contributed by atoms with E-state index in [4.69, 9.17) is 16.3 Å². The minimum Gasteiger partial charge on any atom is -0.481 e. The molecule has 4 nitrogen and oxygen atoms in total. The van der Waals surface area contributed by atoms with Gasteiger partial charge in [-0.3, -0.25) is 0 Å². The van der Waals surface area contributed by atoms with Crippen molar-refractivity contribution in [2.45, 2.75) is 13.5 Å². The maximum absolute atomic E-state index is 9.29. The third kappa shape index (κ3) is 2.01. The molecule has 1 aromatic heterocycles. The monoisotopic (exact) mass is 252 g/mol. The fourth-order valence-electron chi connectivity index (χ4n) is 1.72. The Hall–Kier alpha value is -1.52. The smallest absolute Gasteiger partial charge is 0.222 e. The number of para-hydroxylation sites is 1. The van der Waals surface area contributed by atoms with Gasteiger partial charge in [0, 0.05) is 0 Å². The van der Waals surface area contributed by atoms with Crippen LogP contribution in [0.1, 0.15) is 11.3 Å². The van der Waals surface area contributed by atoms with E-state index in [1.165, 1.54) is 0 Å². The van der Waals surface area contributed by atoms with Crippen molar-refractivity contribution in [3.05, 3.63) is 40.5 Å². The second kappa shape index (κ2) is 4.77. The summed E-state index contributed by atoms with van der Waals surface area (Å²) >= 11 is 6.11. The molecule has 0 atom stereocenters. The van der Waals surface area contributed by atoms with Crippen LogP contribution in [0.5, 0.6) is 5.88 Å². The van der Waals surface area contributed by atoms with Crippen molar-refractivity contribution in [2.24, 2.45) is 0 Å². The maximum Gasteiger partial charge on any atom is 0.222 e. The number of methoxy groups -OCH3 is 1. The molecule has 0 spiro atoms. The third-order valence-electron chi connectivity index (χ3n) is 2.57. The number of halogens is 1. The number of aromatic nitrogens is 2. The Kier molecular flexibility index (Phi) is 3.36. The van der Waals surface area contributed by atoms with Gasteiger partial charge in [0.2, 0.25) is 5.88 Å². The predicted molar refractivity (Wildman–Crippen MR) is 65.8 cm³/mol. The molecule has 0 aliphatic heterocycles. The molecule has 5 heteroatoms. The number of benzene rings is 1. The Bertz CT molecular complexity index is 537. The number of hydrogen-bond acceptors (Lipinski definition) is 3. The standard InChI is InChI=1S/C12H13ClN2O2/c1-8-9(7-16)12(17-2)15(14-8)11-6-4-3-5-10(11)13/h3-6,16H,7H2,1-2H3. The number of aliphatic hydroxyl groups is 1. The first kappa shape index (κ1) is 12.0. The summed E-state index contributed by atoms with van der Waals surface area (Å²) in [5, 5.41) is 14.2. The highest BCUT2D eigenvalue weighted by atomic mass is 35.5. The van der Waals surface area contributed by atoms with Crippen molar-refractivity contribution in [3.8, 4) is 11.6 Å². The summed E-state index contributed by atoms with van der Waals surface area (Å²) in [6.07, 6.45) is 0. The van der Waals surface area contributed by atoms with Crippen molar-refractivity contribution >= 4 is 11.6 Å². The van der Waals surface area contributed by atoms with Crippen LogP contribution >= 0.6 is 11.6 Å². The van der Waals surface area contributed by atoms with E-state index < -0.39 is 0 Å². The lowest BCUT2D eigenvalue weighted by atomic mass is 10.2. The first-order chi connectivity index (χ1) is 8.19. The fourth-order valence-corrected chi connectivity index (χ4v) is 1.93. The summed E-state index contributed by atoms with van der Waals surface area (Å²) in [6, 6.07) is 7.35. The van der Waals surface area contributed by atoms with Crippen LogP contribution in [-0.2, 0) is 6.61 Å². The van der Waals surface area contributed by atoms with E-state index in [0.717, 1.165) is 11.4 Å². The molecule has 0 saturated carbocycles. The topological polar surface area (TPSA) is 47.3 Å². The highest BCUT2D eigenvalue weighted by Crippen LogP contribution is 2.29. The molecule has 90 valence electrons. The van der Waals surface area contributed by atoms with Crippen LogP contribution in [0.3, 0.4) is 0 Å². The highest BCUT2D eigenvalue weighted by Gasteiger charge is 2.17. The molecule has 0 saturated heterocycles. The number of rotatable bonds is 3. The van der Waals surface area contributed by atoms with Gasteiger partial charge in [-0.15, -0.1) is 0 Å². The summed E-state index contributed by atoms with van der Waals surface area (Å²) in [6.45, 7) is 1.71. The molecule has 0 amide bonds. The van der Waals surface area contributed by atoms with E-state index in [9.17, 15) is 5.11 Å². The first-order valence-corrected chi connectivity index (χ1v) is 5.55. The summed E-state index contributed by atoms with van der Waals surface area (Å²) in [5.41, 5.74) is 2.13. The molecule has 0 radical (unpaired) electrons. The molecule has 0 aliphatic rings. The molecule has 0 bridgehead atoms. The second-order valence-electron chi connectivity index (χ2n) is 3.59. The zero-order valence-corrected chi connectivity index (χ0v) is 10.4. The zero-order valence-electron chi connectivity index (χ0n) is 9.64. The van der Waals surface area contributed by atoms with Gasteiger partial charge in [-0.25, -0.2) is 0 Å². The van der Waals surface area contributed by atoms with Gasteiger partial charge in [-0.05, 0) is 19.1 Å². The van der Waals surface area contributed by atoms with Crippen LogP contribution in [0, 0.1) is 6.92 Å². The average molecular weight is 253 g/mol. The normalized spacial score (nSPS) is 10.6.